The van der Waals surface area contributed by atoms with Crippen LogP contribution in [0.2, 0.25) is 0 Å². The van der Waals surface area contributed by atoms with E-state index in [0.29, 0.717) is 12.0 Å². The van der Waals surface area contributed by atoms with Crippen LogP contribution in [-0.4, -0.2) is 12.6 Å². The van der Waals surface area contributed by atoms with Crippen molar-refractivity contribution < 1.29 is 0 Å². The quantitative estimate of drug-likeness (QED) is 0.554. The molecular formula is C10H15N. The van der Waals surface area contributed by atoms with Gasteiger partial charge >= 0.3 is 0 Å². The second-order valence-electron chi connectivity index (χ2n) is 3.58. The molecule has 0 aromatic carbocycles. The number of rotatable bonds is 0. The van der Waals surface area contributed by atoms with Crippen LogP contribution in [0.5, 0.6) is 0 Å². The van der Waals surface area contributed by atoms with Crippen molar-refractivity contribution in [2.45, 2.75) is 25.8 Å². The highest BCUT2D eigenvalue weighted by molar-refractivity contribution is 5.30. The molecule has 11 heavy (non-hydrogen) atoms. The van der Waals surface area contributed by atoms with Crippen molar-refractivity contribution in [2.75, 3.05) is 6.54 Å². The maximum absolute atomic E-state index is 3.55. The van der Waals surface area contributed by atoms with Gasteiger partial charge in [0.1, 0.15) is 0 Å². The van der Waals surface area contributed by atoms with Crippen LogP contribution in [0, 0.1) is 5.92 Å². The monoisotopic (exact) mass is 149 g/mol. The molecule has 1 heteroatoms. The predicted octanol–water partition coefficient (Wildman–Crippen LogP) is 1.87. The van der Waals surface area contributed by atoms with Crippen LogP contribution in [-0.2, 0) is 0 Å². The summed E-state index contributed by atoms with van der Waals surface area (Å²) in [5, 5.41) is 3.55. The van der Waals surface area contributed by atoms with Crippen LogP contribution < -0.4 is 5.32 Å². The predicted molar refractivity (Wildman–Crippen MR) is 47.4 cm³/mol. The Morgan fingerprint density at radius 1 is 1.55 bits per heavy atom. The lowest BCUT2D eigenvalue weighted by Gasteiger charge is -2.29. The molecule has 0 aromatic rings. The zero-order chi connectivity index (χ0) is 7.68. The number of allylic oxidation sites excluding steroid dienone is 1. The van der Waals surface area contributed by atoms with Crippen molar-refractivity contribution >= 4 is 0 Å². The van der Waals surface area contributed by atoms with Gasteiger partial charge in [0.2, 0.25) is 0 Å². The van der Waals surface area contributed by atoms with Crippen molar-refractivity contribution in [2.24, 2.45) is 5.92 Å². The van der Waals surface area contributed by atoms with Crippen molar-refractivity contribution in [3.05, 3.63) is 23.8 Å². The first-order valence-electron chi connectivity index (χ1n) is 4.48. The Balaban J connectivity index is 2.22. The number of hydrogen-bond acceptors (Lipinski definition) is 1. The Morgan fingerprint density at radius 2 is 2.45 bits per heavy atom. The minimum Gasteiger partial charge on any atom is -0.309 e. The van der Waals surface area contributed by atoms with Gasteiger partial charge in [0.05, 0.1) is 0 Å². The Morgan fingerprint density at radius 3 is 3.36 bits per heavy atom. The molecule has 2 unspecified atom stereocenters. The fourth-order valence-electron chi connectivity index (χ4n) is 1.87. The van der Waals surface area contributed by atoms with E-state index in [1.165, 1.54) is 18.4 Å². The summed E-state index contributed by atoms with van der Waals surface area (Å²) in [5.74, 6) is 0.712. The Kier molecular flexibility index (Phi) is 1.82. The molecule has 1 N–H and O–H groups in total. The first kappa shape index (κ1) is 7.11. The van der Waals surface area contributed by atoms with E-state index in [4.69, 9.17) is 0 Å². The second kappa shape index (κ2) is 2.82. The topological polar surface area (TPSA) is 12.0 Å². The van der Waals surface area contributed by atoms with Crippen LogP contribution in [0.3, 0.4) is 0 Å². The lowest BCUT2D eigenvalue weighted by Crippen LogP contribution is -2.38. The fraction of sp³-hybridized carbons (Fsp3) is 0.600. The zero-order valence-electron chi connectivity index (χ0n) is 7.01. The van der Waals surface area contributed by atoms with Crippen molar-refractivity contribution in [3.63, 3.8) is 0 Å². The summed E-state index contributed by atoms with van der Waals surface area (Å²) in [6, 6.07) is 0.663. The summed E-state index contributed by atoms with van der Waals surface area (Å²) in [7, 11) is 0. The average Bonchev–Trinajstić information content (AvgIpc) is 2.04. The molecule has 2 aliphatic rings. The minimum atomic E-state index is 0.663. The fourth-order valence-corrected chi connectivity index (χ4v) is 1.87. The van der Waals surface area contributed by atoms with Gasteiger partial charge in [-0.1, -0.05) is 25.2 Å². The van der Waals surface area contributed by atoms with Gasteiger partial charge in [0.25, 0.3) is 0 Å². The molecular weight excluding hydrogens is 134 g/mol. The third-order valence-electron chi connectivity index (χ3n) is 2.50. The molecule has 1 aliphatic heterocycles. The molecule has 0 saturated heterocycles. The van der Waals surface area contributed by atoms with Gasteiger partial charge in [-0.2, -0.15) is 0 Å². The highest BCUT2D eigenvalue weighted by Gasteiger charge is 2.19. The normalized spacial score (nSPS) is 36.3. The van der Waals surface area contributed by atoms with E-state index in [-0.39, 0.29) is 0 Å². The lowest BCUT2D eigenvalue weighted by atomic mass is 9.90. The Hall–Kier alpha value is -0.560. The van der Waals surface area contributed by atoms with E-state index in [2.05, 4.69) is 30.5 Å². The Bertz CT molecular complexity index is 203. The molecule has 1 aliphatic carbocycles. The standard InChI is InChI=1S/C10H15N/c1-8-6-9-4-2-3-5-10(9)11-7-8/h2,4,6,8,10-11H,3,5,7H2,1H3. The third-order valence-corrected chi connectivity index (χ3v) is 2.50. The lowest BCUT2D eigenvalue weighted by molar-refractivity contribution is 0.468. The third kappa shape index (κ3) is 1.38. The van der Waals surface area contributed by atoms with Gasteiger partial charge in [0.15, 0.2) is 0 Å². The highest BCUT2D eigenvalue weighted by atomic mass is 14.9. The van der Waals surface area contributed by atoms with Crippen LogP contribution in [0.1, 0.15) is 19.8 Å². The van der Waals surface area contributed by atoms with Gasteiger partial charge in [-0.05, 0) is 24.3 Å². The number of hydrogen-bond donors (Lipinski definition) is 1. The highest BCUT2D eigenvalue weighted by Crippen LogP contribution is 2.22. The smallest absolute Gasteiger partial charge is 0.0320 e. The Labute approximate surface area is 68.2 Å². The summed E-state index contributed by atoms with van der Waals surface area (Å²) in [6.07, 6.45) is 9.48. The summed E-state index contributed by atoms with van der Waals surface area (Å²) < 4.78 is 0. The molecule has 1 nitrogen and oxygen atoms in total. The van der Waals surface area contributed by atoms with E-state index < -0.39 is 0 Å². The molecule has 0 fully saturated rings. The summed E-state index contributed by atoms with van der Waals surface area (Å²) in [6.45, 7) is 3.42. The molecule has 0 amide bonds. The van der Waals surface area contributed by atoms with Crippen molar-refractivity contribution in [1.82, 2.24) is 5.32 Å². The molecule has 1 heterocycles. The molecule has 0 aromatic heterocycles. The van der Waals surface area contributed by atoms with Crippen LogP contribution >= 0.6 is 0 Å². The van der Waals surface area contributed by atoms with E-state index in [0.717, 1.165) is 6.54 Å². The first-order valence-corrected chi connectivity index (χ1v) is 4.48. The molecule has 0 radical (unpaired) electrons. The van der Waals surface area contributed by atoms with Crippen LogP contribution in [0.25, 0.3) is 0 Å². The van der Waals surface area contributed by atoms with Crippen LogP contribution in [0.15, 0.2) is 23.8 Å². The average molecular weight is 149 g/mol. The minimum absolute atomic E-state index is 0.663. The summed E-state index contributed by atoms with van der Waals surface area (Å²) in [4.78, 5) is 0. The maximum Gasteiger partial charge on any atom is 0.0320 e. The first-order chi connectivity index (χ1) is 5.36. The largest absolute Gasteiger partial charge is 0.309 e. The van der Waals surface area contributed by atoms with Crippen molar-refractivity contribution in [3.8, 4) is 0 Å². The van der Waals surface area contributed by atoms with E-state index in [1.807, 2.05) is 0 Å². The molecule has 60 valence electrons. The SMILES string of the molecule is CC1C=C2C=CCCC2NC1. The van der Waals surface area contributed by atoms with Crippen molar-refractivity contribution in [1.29, 1.82) is 0 Å². The van der Waals surface area contributed by atoms with Gasteiger partial charge in [-0.15, -0.1) is 0 Å². The zero-order valence-corrected chi connectivity index (χ0v) is 7.01. The summed E-state index contributed by atoms with van der Waals surface area (Å²) in [5.41, 5.74) is 1.51. The van der Waals surface area contributed by atoms with E-state index in [1.54, 1.807) is 0 Å². The second-order valence-corrected chi connectivity index (χ2v) is 3.58. The molecule has 2 rings (SSSR count). The van der Waals surface area contributed by atoms with Gasteiger partial charge in [-0.3, -0.25) is 0 Å². The van der Waals surface area contributed by atoms with Gasteiger partial charge < -0.3 is 5.32 Å². The molecule has 2 atom stereocenters. The van der Waals surface area contributed by atoms with Crippen LogP contribution in [0.4, 0.5) is 0 Å². The van der Waals surface area contributed by atoms with E-state index in [9.17, 15) is 0 Å². The maximum atomic E-state index is 3.55. The molecule has 0 spiro atoms. The van der Waals surface area contributed by atoms with Gasteiger partial charge in [0, 0.05) is 12.6 Å². The van der Waals surface area contributed by atoms with Gasteiger partial charge in [-0.25, -0.2) is 0 Å². The molecule has 0 saturated carbocycles. The number of nitrogens with one attached hydrogen (secondary N) is 1. The number of fused-ring (bicyclic) bond motifs is 1. The molecule has 0 bridgehead atoms. The van der Waals surface area contributed by atoms with E-state index >= 15 is 0 Å². The summed E-state index contributed by atoms with van der Waals surface area (Å²) >= 11 is 0.